The molecular weight excluding hydrogens is 372 g/mol. The summed E-state index contributed by atoms with van der Waals surface area (Å²) in [6.07, 6.45) is 2.16. The normalized spacial score (nSPS) is 11.5. The molecule has 0 radical (unpaired) electrons. The average Bonchev–Trinajstić information content (AvgIpc) is 2.93. The summed E-state index contributed by atoms with van der Waals surface area (Å²) in [6.45, 7) is 6.03. The largest absolute Gasteiger partial charge is 0.384 e. The lowest BCUT2D eigenvalue weighted by Crippen LogP contribution is -2.16. The maximum Gasteiger partial charge on any atom is 0.160 e. The number of pyridine rings is 1. The summed E-state index contributed by atoms with van der Waals surface area (Å²) in [5.74, 6) is 0. The number of rotatable bonds is 9. The summed E-state index contributed by atoms with van der Waals surface area (Å²) in [5, 5.41) is 10.8. The van der Waals surface area contributed by atoms with Gasteiger partial charge in [0, 0.05) is 18.5 Å². The van der Waals surface area contributed by atoms with Gasteiger partial charge in [0.2, 0.25) is 0 Å². The minimum Gasteiger partial charge on any atom is -0.384 e. The molecule has 0 unspecified atom stereocenters. The Hall–Kier alpha value is -1.89. The van der Waals surface area contributed by atoms with E-state index in [2.05, 4.69) is 79.2 Å². The first-order valence-corrected chi connectivity index (χ1v) is 9.76. The molecule has 7 heteroatoms. The fourth-order valence-electron chi connectivity index (χ4n) is 3.49. The summed E-state index contributed by atoms with van der Waals surface area (Å²) in [6, 6.07) is 8.37. The van der Waals surface area contributed by atoms with Gasteiger partial charge in [-0.1, -0.05) is 18.2 Å². The van der Waals surface area contributed by atoms with Gasteiger partial charge >= 0.3 is 0 Å². The molecule has 0 aliphatic rings. The van der Waals surface area contributed by atoms with Crippen LogP contribution in [0.4, 0.5) is 5.69 Å². The highest BCUT2D eigenvalue weighted by Gasteiger charge is 2.16. The highest BCUT2D eigenvalue weighted by molar-refractivity contribution is 6.07. The van der Waals surface area contributed by atoms with Crippen molar-refractivity contribution in [2.75, 3.05) is 53.1 Å². The molecule has 0 spiro atoms. The number of hydrogen-bond acceptors (Lipinski definition) is 5. The van der Waals surface area contributed by atoms with Crippen molar-refractivity contribution in [2.24, 2.45) is 0 Å². The van der Waals surface area contributed by atoms with Gasteiger partial charge in [-0.2, -0.15) is 5.10 Å². The quantitative estimate of drug-likeness (QED) is 0.552. The van der Waals surface area contributed by atoms with E-state index in [0.29, 0.717) is 0 Å². The molecule has 0 aliphatic carbocycles. The van der Waals surface area contributed by atoms with Crippen molar-refractivity contribution in [3.05, 3.63) is 30.0 Å². The second-order valence-corrected chi connectivity index (χ2v) is 7.75. The number of nitrogens with zero attached hydrogens (tertiary/aromatic N) is 5. The Morgan fingerprint density at radius 1 is 1.00 bits per heavy atom. The monoisotopic (exact) mass is 404 g/mol. The van der Waals surface area contributed by atoms with Crippen LogP contribution in [-0.4, -0.2) is 72.4 Å². The molecule has 3 aromatic rings. The molecule has 0 saturated carbocycles. The van der Waals surface area contributed by atoms with E-state index < -0.39 is 0 Å². The van der Waals surface area contributed by atoms with Crippen molar-refractivity contribution in [3.8, 4) is 0 Å². The van der Waals surface area contributed by atoms with Crippen molar-refractivity contribution in [2.45, 2.75) is 26.3 Å². The molecular formula is C21H33ClN6. The second kappa shape index (κ2) is 10.0. The molecule has 1 aromatic carbocycles. The minimum atomic E-state index is 0. The summed E-state index contributed by atoms with van der Waals surface area (Å²) >= 11 is 0. The molecule has 2 aromatic heterocycles. The first kappa shape index (κ1) is 22.4. The number of benzene rings is 1. The van der Waals surface area contributed by atoms with E-state index in [0.717, 1.165) is 61.3 Å². The van der Waals surface area contributed by atoms with Gasteiger partial charge in [-0.05, 0) is 67.1 Å². The molecule has 1 N–H and O–H groups in total. The van der Waals surface area contributed by atoms with E-state index in [1.807, 2.05) is 0 Å². The summed E-state index contributed by atoms with van der Waals surface area (Å²) < 4.78 is 2.08. The molecule has 0 aliphatic heterocycles. The number of hydrogen-bond donors (Lipinski definition) is 1. The maximum atomic E-state index is 4.95. The van der Waals surface area contributed by atoms with E-state index in [9.17, 15) is 0 Å². The molecule has 0 atom stereocenters. The zero-order valence-corrected chi connectivity index (χ0v) is 18.5. The van der Waals surface area contributed by atoms with Gasteiger partial charge in [0.1, 0.15) is 0 Å². The Morgan fingerprint density at radius 2 is 1.68 bits per heavy atom. The summed E-state index contributed by atoms with van der Waals surface area (Å²) in [7, 11) is 8.44. The Morgan fingerprint density at radius 3 is 2.39 bits per heavy atom. The van der Waals surface area contributed by atoms with E-state index in [-0.39, 0.29) is 12.4 Å². The zero-order valence-electron chi connectivity index (χ0n) is 17.7. The van der Waals surface area contributed by atoms with Gasteiger partial charge in [-0.3, -0.25) is 0 Å². The lowest BCUT2D eigenvalue weighted by atomic mass is 10.1. The van der Waals surface area contributed by atoms with Gasteiger partial charge in [0.15, 0.2) is 5.65 Å². The van der Waals surface area contributed by atoms with Gasteiger partial charge < -0.3 is 15.1 Å². The Kier molecular flexibility index (Phi) is 8.04. The predicted molar refractivity (Wildman–Crippen MR) is 122 cm³/mol. The number of aromatic nitrogens is 3. The smallest absolute Gasteiger partial charge is 0.160 e. The van der Waals surface area contributed by atoms with Crippen molar-refractivity contribution in [3.63, 3.8) is 0 Å². The van der Waals surface area contributed by atoms with Gasteiger partial charge in [-0.25, -0.2) is 9.67 Å². The van der Waals surface area contributed by atoms with Crippen LogP contribution in [0.15, 0.2) is 24.3 Å². The van der Waals surface area contributed by atoms with Crippen molar-refractivity contribution in [1.82, 2.24) is 24.6 Å². The van der Waals surface area contributed by atoms with E-state index in [1.54, 1.807) is 0 Å². The summed E-state index contributed by atoms with van der Waals surface area (Å²) in [4.78, 5) is 9.38. The Bertz CT molecular complexity index is 903. The van der Waals surface area contributed by atoms with Crippen molar-refractivity contribution in [1.29, 1.82) is 0 Å². The number of fused-ring (bicyclic) bond motifs is 2. The number of para-hydroxylation sites is 1. The molecule has 0 bridgehead atoms. The number of halogens is 1. The van der Waals surface area contributed by atoms with Gasteiger partial charge in [-0.15, -0.1) is 12.4 Å². The minimum absolute atomic E-state index is 0. The van der Waals surface area contributed by atoms with Crippen LogP contribution in [-0.2, 0) is 6.54 Å². The van der Waals surface area contributed by atoms with Crippen LogP contribution in [0, 0.1) is 6.92 Å². The lowest BCUT2D eigenvalue weighted by Gasteiger charge is -2.14. The average molecular weight is 405 g/mol. The molecule has 6 nitrogen and oxygen atoms in total. The number of nitrogens with one attached hydrogen (secondary N) is 1. The molecule has 3 rings (SSSR count). The van der Waals surface area contributed by atoms with E-state index in [1.165, 1.54) is 11.1 Å². The summed E-state index contributed by atoms with van der Waals surface area (Å²) in [5.41, 5.74) is 4.22. The third kappa shape index (κ3) is 5.13. The molecule has 28 heavy (non-hydrogen) atoms. The predicted octanol–water partition coefficient (Wildman–Crippen LogP) is 3.63. The highest BCUT2D eigenvalue weighted by Crippen LogP contribution is 2.32. The van der Waals surface area contributed by atoms with Crippen LogP contribution in [0.25, 0.3) is 21.9 Å². The van der Waals surface area contributed by atoms with Crippen LogP contribution in [0.5, 0.6) is 0 Å². The van der Waals surface area contributed by atoms with E-state index >= 15 is 0 Å². The van der Waals surface area contributed by atoms with Crippen LogP contribution >= 0.6 is 12.4 Å². The fraction of sp³-hybridized carbons (Fsp3) is 0.524. The number of aryl methyl sites for hydroxylation is 2. The standard InChI is InChI=1S/C21H32N6.ClH/c1-16-19-20(22-12-8-13-25(2)3)17-10-6-7-11-18(17)23-21(19)27(24-16)15-9-14-26(4)5;/h6-7,10-11H,8-9,12-15H2,1-5H3,(H,22,23);1H. The van der Waals surface area contributed by atoms with Crippen LogP contribution in [0.2, 0.25) is 0 Å². The van der Waals surface area contributed by atoms with Crippen LogP contribution in [0.1, 0.15) is 18.5 Å². The Labute approximate surface area is 174 Å². The van der Waals surface area contributed by atoms with Crippen molar-refractivity contribution < 1.29 is 0 Å². The van der Waals surface area contributed by atoms with E-state index in [4.69, 9.17) is 10.1 Å². The van der Waals surface area contributed by atoms with Crippen LogP contribution in [0.3, 0.4) is 0 Å². The first-order chi connectivity index (χ1) is 13.0. The molecule has 0 amide bonds. The topological polar surface area (TPSA) is 49.2 Å². The second-order valence-electron chi connectivity index (χ2n) is 7.75. The highest BCUT2D eigenvalue weighted by atomic mass is 35.5. The van der Waals surface area contributed by atoms with Gasteiger partial charge in [0.05, 0.1) is 22.3 Å². The Balaban J connectivity index is 0.00000280. The molecule has 154 valence electrons. The van der Waals surface area contributed by atoms with Gasteiger partial charge in [0.25, 0.3) is 0 Å². The molecule has 2 heterocycles. The molecule has 0 fully saturated rings. The number of anilines is 1. The van der Waals surface area contributed by atoms with Crippen LogP contribution < -0.4 is 5.32 Å². The third-order valence-corrected chi connectivity index (χ3v) is 4.81. The molecule has 0 saturated heterocycles. The fourth-order valence-corrected chi connectivity index (χ4v) is 3.49. The third-order valence-electron chi connectivity index (χ3n) is 4.81. The maximum absolute atomic E-state index is 4.95. The zero-order chi connectivity index (χ0) is 19.4. The SMILES string of the molecule is Cc1nn(CCCN(C)C)c2nc3ccccc3c(NCCCN(C)C)c12.Cl. The lowest BCUT2D eigenvalue weighted by molar-refractivity contribution is 0.382. The van der Waals surface area contributed by atoms with Crippen molar-refractivity contribution >= 4 is 40.0 Å². The first-order valence-electron chi connectivity index (χ1n) is 9.76.